The van der Waals surface area contributed by atoms with Gasteiger partial charge in [-0.2, -0.15) is 5.10 Å². The first-order chi connectivity index (χ1) is 14.7. The summed E-state index contributed by atoms with van der Waals surface area (Å²) in [5, 5.41) is 16.1. The van der Waals surface area contributed by atoms with Gasteiger partial charge in [0.2, 0.25) is 5.88 Å². The smallest absolute Gasteiger partial charge is 0.354 e. The van der Waals surface area contributed by atoms with Crippen molar-refractivity contribution in [3.63, 3.8) is 0 Å². The first kappa shape index (κ1) is 21.7. The Hall–Kier alpha value is -2.50. The van der Waals surface area contributed by atoms with Crippen molar-refractivity contribution >= 4 is 21.6 Å². The third-order valence-electron chi connectivity index (χ3n) is 5.80. The van der Waals surface area contributed by atoms with Crippen LogP contribution in [-0.2, 0) is 29.3 Å². The second kappa shape index (κ2) is 8.21. The Morgan fingerprint density at radius 1 is 1.42 bits per heavy atom. The van der Waals surface area contributed by atoms with Gasteiger partial charge in [-0.15, -0.1) is 4.36 Å². The number of hydrogen-bond acceptors (Lipinski definition) is 6. The number of carbonyl (C=O) groups is 1. The van der Waals surface area contributed by atoms with E-state index in [0.29, 0.717) is 24.7 Å². The Morgan fingerprint density at radius 3 is 2.90 bits per heavy atom. The van der Waals surface area contributed by atoms with Crippen molar-refractivity contribution in [2.24, 2.45) is 9.50 Å². The average molecular weight is 448 g/mol. The summed E-state index contributed by atoms with van der Waals surface area (Å²) in [4.78, 5) is 17.7. The third kappa shape index (κ3) is 4.04. The van der Waals surface area contributed by atoms with Gasteiger partial charge in [-0.1, -0.05) is 13.8 Å². The molecule has 2 atom stereocenters. The molecule has 11 heteroatoms. The lowest BCUT2D eigenvalue weighted by molar-refractivity contribution is 0.184. The zero-order chi connectivity index (χ0) is 22.3. The number of nitrogens with two attached hydrogens (primary N) is 1. The van der Waals surface area contributed by atoms with E-state index in [2.05, 4.69) is 33.9 Å². The van der Waals surface area contributed by atoms with Gasteiger partial charge in [-0.25, -0.2) is 18.8 Å². The van der Waals surface area contributed by atoms with Crippen molar-refractivity contribution in [3.8, 4) is 5.88 Å². The van der Waals surface area contributed by atoms with Crippen LogP contribution in [0, 0.1) is 6.92 Å². The van der Waals surface area contributed by atoms with E-state index in [1.807, 2.05) is 14.0 Å². The number of rotatable bonds is 4. The van der Waals surface area contributed by atoms with E-state index in [-0.39, 0.29) is 16.9 Å². The van der Waals surface area contributed by atoms with Crippen molar-refractivity contribution in [3.05, 3.63) is 28.7 Å². The molecule has 168 valence electrons. The molecule has 2 aliphatic rings. The van der Waals surface area contributed by atoms with Crippen LogP contribution in [-0.4, -0.2) is 44.7 Å². The van der Waals surface area contributed by atoms with E-state index in [4.69, 9.17) is 14.9 Å². The normalized spacial score (nSPS) is 19.4. The molecule has 0 saturated heterocycles. The van der Waals surface area contributed by atoms with Crippen LogP contribution in [0.5, 0.6) is 5.88 Å². The van der Waals surface area contributed by atoms with Crippen molar-refractivity contribution in [1.82, 2.24) is 20.1 Å². The summed E-state index contributed by atoms with van der Waals surface area (Å²) in [6, 6.07) is -0.671. The Morgan fingerprint density at radius 2 is 2.19 bits per heavy atom. The van der Waals surface area contributed by atoms with Crippen LogP contribution in [0.2, 0.25) is 0 Å². The molecule has 2 aromatic rings. The standard InChI is InChI=1S/C20H29N7O3S/c1-11(2)17-12(3)18(14-6-5-7-15(14)24-17)25-20(28)26-31(21,29)16-8-23-27-9-13(22-4)10-30-19(16)27/h8,11,13,22H,5-7,9-10H2,1-4H3,(H3,21,24,25,26,28,29). The van der Waals surface area contributed by atoms with Gasteiger partial charge >= 0.3 is 6.03 Å². The van der Waals surface area contributed by atoms with Crippen LogP contribution in [0.4, 0.5) is 10.5 Å². The Labute approximate surface area is 182 Å². The summed E-state index contributed by atoms with van der Waals surface area (Å²) >= 11 is 0. The summed E-state index contributed by atoms with van der Waals surface area (Å²) in [5.41, 5.74) is 4.60. The van der Waals surface area contributed by atoms with E-state index in [9.17, 15) is 9.00 Å². The average Bonchev–Trinajstić information content (AvgIpc) is 3.35. The summed E-state index contributed by atoms with van der Waals surface area (Å²) < 4.78 is 24.2. The lowest BCUT2D eigenvalue weighted by Gasteiger charge is -2.24. The molecule has 10 nitrogen and oxygen atoms in total. The number of amides is 2. The molecule has 3 heterocycles. The quantitative estimate of drug-likeness (QED) is 0.657. The van der Waals surface area contributed by atoms with Gasteiger partial charge in [0, 0.05) is 11.4 Å². The molecule has 2 unspecified atom stereocenters. The third-order valence-corrected chi connectivity index (χ3v) is 7.15. The summed E-state index contributed by atoms with van der Waals surface area (Å²) in [6.07, 6.45) is 4.08. The van der Waals surface area contributed by atoms with Gasteiger partial charge in [0.25, 0.3) is 0 Å². The number of hydrogen-bond donors (Lipinski definition) is 3. The van der Waals surface area contributed by atoms with E-state index < -0.39 is 15.9 Å². The molecule has 0 aromatic carbocycles. The highest BCUT2D eigenvalue weighted by atomic mass is 32.2. The van der Waals surface area contributed by atoms with E-state index in [1.165, 1.54) is 6.20 Å². The molecule has 4 N–H and O–H groups in total. The molecule has 2 aromatic heterocycles. The van der Waals surface area contributed by atoms with E-state index >= 15 is 0 Å². The molecular weight excluding hydrogens is 418 g/mol. The molecule has 0 spiro atoms. The molecule has 4 rings (SSSR count). The minimum absolute atomic E-state index is 0.0845. The molecule has 2 amide bonds. The number of nitrogens with one attached hydrogen (secondary N) is 2. The first-order valence-electron chi connectivity index (χ1n) is 10.4. The fraction of sp³-hybridized carbons (Fsp3) is 0.550. The predicted octanol–water partition coefficient (Wildman–Crippen LogP) is 2.11. The minimum Gasteiger partial charge on any atom is -0.475 e. The molecule has 0 bridgehead atoms. The van der Waals surface area contributed by atoms with Gasteiger partial charge in [0.1, 0.15) is 11.5 Å². The fourth-order valence-electron chi connectivity index (χ4n) is 4.19. The number of ether oxygens (including phenoxy) is 1. The zero-order valence-electron chi connectivity index (χ0n) is 18.3. The van der Waals surface area contributed by atoms with Crippen LogP contribution in [0.1, 0.15) is 48.7 Å². The number of nitrogens with zero attached hydrogens (tertiary/aromatic N) is 4. The number of aromatic nitrogens is 3. The Balaban J connectivity index is 1.65. The molecule has 31 heavy (non-hydrogen) atoms. The Bertz CT molecular complexity index is 1150. The van der Waals surface area contributed by atoms with E-state index in [1.54, 1.807) is 4.68 Å². The van der Waals surface area contributed by atoms with Crippen molar-refractivity contribution in [2.45, 2.75) is 63.4 Å². The monoisotopic (exact) mass is 447 g/mol. The molecule has 0 saturated carbocycles. The number of fused-ring (bicyclic) bond motifs is 2. The number of urea groups is 1. The lowest BCUT2D eigenvalue weighted by atomic mass is 9.99. The maximum Gasteiger partial charge on any atom is 0.354 e. The molecule has 0 fully saturated rings. The van der Waals surface area contributed by atoms with Gasteiger partial charge in [0.15, 0.2) is 9.92 Å². The maximum absolute atomic E-state index is 13.2. The summed E-state index contributed by atoms with van der Waals surface area (Å²) in [6.45, 7) is 7.02. The van der Waals surface area contributed by atoms with Gasteiger partial charge < -0.3 is 15.4 Å². The Kier molecular flexibility index (Phi) is 5.75. The number of carbonyl (C=O) groups excluding carboxylic acids is 1. The van der Waals surface area contributed by atoms with Crippen LogP contribution in [0.3, 0.4) is 0 Å². The number of aryl methyl sites for hydroxylation is 1. The largest absolute Gasteiger partial charge is 0.475 e. The second-order valence-electron chi connectivity index (χ2n) is 8.31. The van der Waals surface area contributed by atoms with Gasteiger partial charge in [-0.3, -0.25) is 4.98 Å². The first-order valence-corrected chi connectivity index (χ1v) is 12.0. The second-order valence-corrected chi connectivity index (χ2v) is 10.1. The maximum atomic E-state index is 13.2. The summed E-state index contributed by atoms with van der Waals surface area (Å²) in [5.74, 6) is 0.508. The van der Waals surface area contributed by atoms with Crippen molar-refractivity contribution in [2.75, 3.05) is 19.0 Å². The fourth-order valence-corrected chi connectivity index (χ4v) is 5.19. The van der Waals surface area contributed by atoms with Crippen LogP contribution >= 0.6 is 0 Å². The highest BCUT2D eigenvalue weighted by Crippen LogP contribution is 2.35. The minimum atomic E-state index is -3.54. The summed E-state index contributed by atoms with van der Waals surface area (Å²) in [7, 11) is -1.71. The topological polar surface area (TPSA) is 137 Å². The van der Waals surface area contributed by atoms with E-state index in [0.717, 1.165) is 41.8 Å². The molecule has 0 radical (unpaired) electrons. The highest BCUT2D eigenvalue weighted by molar-refractivity contribution is 7.91. The van der Waals surface area contributed by atoms with Gasteiger partial charge in [-0.05, 0) is 50.3 Å². The molecule has 1 aliphatic carbocycles. The molecule has 1 aliphatic heterocycles. The van der Waals surface area contributed by atoms with Crippen LogP contribution < -0.4 is 20.5 Å². The SMILES string of the molecule is CNC1COc2c(S(N)(=O)=NC(=O)Nc3c(C)c(C(C)C)nc4c3CCC4)cnn2C1. The van der Waals surface area contributed by atoms with Crippen molar-refractivity contribution in [1.29, 1.82) is 0 Å². The van der Waals surface area contributed by atoms with Crippen molar-refractivity contribution < 1.29 is 13.7 Å². The predicted molar refractivity (Wildman–Crippen MR) is 118 cm³/mol. The number of anilines is 1. The van der Waals surface area contributed by atoms with Crippen LogP contribution in [0.15, 0.2) is 15.5 Å². The number of pyridine rings is 1. The zero-order valence-corrected chi connectivity index (χ0v) is 19.1. The van der Waals surface area contributed by atoms with Crippen LogP contribution in [0.25, 0.3) is 0 Å². The molecular formula is C20H29N7O3S. The highest BCUT2D eigenvalue weighted by Gasteiger charge is 2.28. The lowest BCUT2D eigenvalue weighted by Crippen LogP contribution is -2.40. The van der Waals surface area contributed by atoms with Gasteiger partial charge in [0.05, 0.1) is 24.5 Å². The number of likely N-dealkylation sites (N-methyl/N-ethyl adjacent to an activating group) is 1.